The van der Waals surface area contributed by atoms with E-state index in [-0.39, 0.29) is 5.82 Å². The van der Waals surface area contributed by atoms with E-state index < -0.39 is 0 Å². The summed E-state index contributed by atoms with van der Waals surface area (Å²) >= 11 is 0. The van der Waals surface area contributed by atoms with E-state index in [2.05, 4.69) is 23.8 Å². The number of aromatic nitrogens is 2. The molecule has 1 aromatic heterocycles. The van der Waals surface area contributed by atoms with Gasteiger partial charge in [-0.1, -0.05) is 19.1 Å². The summed E-state index contributed by atoms with van der Waals surface area (Å²) in [5, 5.41) is 2.15. The third-order valence-corrected chi connectivity index (χ3v) is 2.89. The lowest BCUT2D eigenvalue weighted by molar-refractivity contribution is 0.590. The molecule has 0 fully saturated rings. The quantitative estimate of drug-likeness (QED) is 0.809. The number of imidazole rings is 1. The van der Waals surface area contributed by atoms with Crippen LogP contribution in [-0.2, 0) is 0 Å². The zero-order valence-corrected chi connectivity index (χ0v) is 10.8. The van der Waals surface area contributed by atoms with Crippen LogP contribution in [0.2, 0.25) is 0 Å². The van der Waals surface area contributed by atoms with Gasteiger partial charge < -0.3 is 5.01 Å². The predicted molar refractivity (Wildman–Crippen MR) is 71.5 cm³/mol. The molecule has 0 spiro atoms. The summed E-state index contributed by atoms with van der Waals surface area (Å²) in [6.07, 6.45) is 4.63. The standard InChI is InChI=1S/C14H18FN3/c1-3-10-17(4-2)18-11-9-16-14(18)12-7-5-6-8-13(12)15/h5-9,11H,3-4,10H2,1-2H3. The molecule has 0 atom stereocenters. The molecule has 2 rings (SSSR count). The largest absolute Gasteiger partial charge is 0.312 e. The van der Waals surface area contributed by atoms with Crippen LogP contribution in [0.25, 0.3) is 11.4 Å². The Labute approximate surface area is 107 Å². The van der Waals surface area contributed by atoms with Gasteiger partial charge in [0.2, 0.25) is 0 Å². The first-order valence-electron chi connectivity index (χ1n) is 6.31. The third-order valence-electron chi connectivity index (χ3n) is 2.89. The number of rotatable bonds is 5. The number of hydrogen-bond donors (Lipinski definition) is 0. The lowest BCUT2D eigenvalue weighted by Crippen LogP contribution is -2.35. The molecule has 1 heterocycles. The fraction of sp³-hybridized carbons (Fsp3) is 0.357. The van der Waals surface area contributed by atoms with Crippen molar-refractivity contribution < 1.29 is 4.39 Å². The van der Waals surface area contributed by atoms with Crippen LogP contribution in [0.3, 0.4) is 0 Å². The maximum atomic E-state index is 13.8. The van der Waals surface area contributed by atoms with Gasteiger partial charge in [0.15, 0.2) is 5.82 Å². The number of benzene rings is 1. The van der Waals surface area contributed by atoms with Crippen LogP contribution in [-0.4, -0.2) is 22.7 Å². The van der Waals surface area contributed by atoms with Crippen molar-refractivity contribution >= 4 is 0 Å². The van der Waals surface area contributed by atoms with Crippen LogP contribution in [0.1, 0.15) is 20.3 Å². The Morgan fingerprint density at radius 2 is 2.06 bits per heavy atom. The fourth-order valence-electron chi connectivity index (χ4n) is 2.04. The van der Waals surface area contributed by atoms with Crippen molar-refractivity contribution in [2.45, 2.75) is 20.3 Å². The van der Waals surface area contributed by atoms with Crippen molar-refractivity contribution in [1.82, 2.24) is 9.66 Å². The molecule has 0 aliphatic carbocycles. The summed E-state index contributed by atoms with van der Waals surface area (Å²) in [4.78, 5) is 4.28. The molecule has 0 aliphatic heterocycles. The molecular weight excluding hydrogens is 229 g/mol. The molecule has 0 N–H and O–H groups in total. The van der Waals surface area contributed by atoms with Gasteiger partial charge in [-0.3, -0.25) is 0 Å². The van der Waals surface area contributed by atoms with Gasteiger partial charge in [0.25, 0.3) is 0 Å². The number of hydrogen-bond acceptors (Lipinski definition) is 2. The van der Waals surface area contributed by atoms with E-state index in [1.807, 2.05) is 16.9 Å². The summed E-state index contributed by atoms with van der Waals surface area (Å²) in [6.45, 7) is 6.00. The first kappa shape index (κ1) is 12.6. The summed E-state index contributed by atoms with van der Waals surface area (Å²) in [6, 6.07) is 6.74. The highest BCUT2D eigenvalue weighted by Gasteiger charge is 2.13. The molecule has 3 nitrogen and oxygen atoms in total. The Morgan fingerprint density at radius 1 is 1.28 bits per heavy atom. The van der Waals surface area contributed by atoms with Gasteiger partial charge in [0.05, 0.1) is 5.56 Å². The summed E-state index contributed by atoms with van der Waals surface area (Å²) in [5.41, 5.74) is 0.539. The zero-order valence-electron chi connectivity index (χ0n) is 10.8. The molecule has 0 radical (unpaired) electrons. The second-order valence-corrected chi connectivity index (χ2v) is 4.12. The Bertz CT molecular complexity index is 507. The van der Waals surface area contributed by atoms with Crippen LogP contribution < -0.4 is 5.01 Å². The van der Waals surface area contributed by atoms with Gasteiger partial charge >= 0.3 is 0 Å². The monoisotopic (exact) mass is 247 g/mol. The van der Waals surface area contributed by atoms with Gasteiger partial charge in [-0.2, -0.15) is 0 Å². The van der Waals surface area contributed by atoms with E-state index in [9.17, 15) is 4.39 Å². The van der Waals surface area contributed by atoms with E-state index in [1.54, 1.807) is 18.3 Å². The summed E-state index contributed by atoms with van der Waals surface area (Å²) in [5.74, 6) is 0.418. The highest BCUT2D eigenvalue weighted by Crippen LogP contribution is 2.20. The molecule has 18 heavy (non-hydrogen) atoms. The van der Waals surface area contributed by atoms with Gasteiger partial charge in [-0.25, -0.2) is 14.1 Å². The van der Waals surface area contributed by atoms with Gasteiger partial charge in [0, 0.05) is 25.5 Å². The topological polar surface area (TPSA) is 21.1 Å². The van der Waals surface area contributed by atoms with E-state index >= 15 is 0 Å². The molecule has 0 amide bonds. The second-order valence-electron chi connectivity index (χ2n) is 4.12. The minimum Gasteiger partial charge on any atom is -0.312 e. The van der Waals surface area contributed by atoms with Crippen molar-refractivity contribution in [3.63, 3.8) is 0 Å². The molecule has 4 heteroatoms. The van der Waals surface area contributed by atoms with Crippen molar-refractivity contribution in [2.75, 3.05) is 18.1 Å². The molecule has 0 aliphatic rings. The fourth-order valence-corrected chi connectivity index (χ4v) is 2.04. The zero-order chi connectivity index (χ0) is 13.0. The molecule has 2 aromatic rings. The van der Waals surface area contributed by atoms with E-state index in [0.717, 1.165) is 19.5 Å². The lowest BCUT2D eigenvalue weighted by atomic mass is 10.2. The van der Waals surface area contributed by atoms with Gasteiger partial charge in [-0.15, -0.1) is 0 Å². The average Bonchev–Trinajstić information content (AvgIpc) is 2.85. The second kappa shape index (κ2) is 5.67. The Kier molecular flexibility index (Phi) is 3.97. The Hall–Kier alpha value is -1.84. The minimum atomic E-state index is -0.238. The van der Waals surface area contributed by atoms with Crippen LogP contribution >= 0.6 is 0 Å². The summed E-state index contributed by atoms with van der Waals surface area (Å²) < 4.78 is 15.7. The molecule has 0 saturated carbocycles. The van der Waals surface area contributed by atoms with Crippen molar-refractivity contribution in [3.8, 4) is 11.4 Å². The molecule has 0 bridgehead atoms. The number of halogens is 1. The predicted octanol–water partition coefficient (Wildman–Crippen LogP) is 3.06. The normalized spacial score (nSPS) is 10.6. The van der Waals surface area contributed by atoms with Crippen molar-refractivity contribution in [3.05, 3.63) is 42.5 Å². The molecule has 0 saturated heterocycles. The Morgan fingerprint density at radius 3 is 2.72 bits per heavy atom. The summed E-state index contributed by atoms with van der Waals surface area (Å²) in [7, 11) is 0. The smallest absolute Gasteiger partial charge is 0.161 e. The molecule has 0 unspecified atom stereocenters. The highest BCUT2D eigenvalue weighted by molar-refractivity contribution is 5.56. The maximum Gasteiger partial charge on any atom is 0.161 e. The third kappa shape index (κ3) is 2.37. The van der Waals surface area contributed by atoms with Crippen molar-refractivity contribution in [1.29, 1.82) is 0 Å². The SMILES string of the molecule is CCCN(CC)n1ccnc1-c1ccccc1F. The lowest BCUT2D eigenvalue weighted by Gasteiger charge is -2.25. The average molecular weight is 247 g/mol. The van der Waals surface area contributed by atoms with Crippen molar-refractivity contribution in [2.24, 2.45) is 0 Å². The van der Waals surface area contributed by atoms with Gasteiger partial charge in [-0.05, 0) is 25.5 Å². The van der Waals surface area contributed by atoms with Gasteiger partial charge in [0.1, 0.15) is 5.82 Å². The first-order valence-corrected chi connectivity index (χ1v) is 6.31. The number of nitrogens with zero attached hydrogens (tertiary/aromatic N) is 3. The molecule has 1 aromatic carbocycles. The van der Waals surface area contributed by atoms with E-state index in [0.29, 0.717) is 11.4 Å². The minimum absolute atomic E-state index is 0.238. The van der Waals surface area contributed by atoms with E-state index in [1.165, 1.54) is 6.07 Å². The van der Waals surface area contributed by atoms with E-state index in [4.69, 9.17) is 0 Å². The first-order chi connectivity index (χ1) is 8.77. The molecule has 96 valence electrons. The van der Waals surface area contributed by atoms with Crippen LogP contribution in [0.4, 0.5) is 4.39 Å². The highest BCUT2D eigenvalue weighted by atomic mass is 19.1. The van der Waals surface area contributed by atoms with Crippen LogP contribution in [0.15, 0.2) is 36.7 Å². The van der Waals surface area contributed by atoms with Crippen LogP contribution in [0.5, 0.6) is 0 Å². The maximum absolute atomic E-state index is 13.8. The molecular formula is C14H18FN3. The van der Waals surface area contributed by atoms with Crippen LogP contribution in [0, 0.1) is 5.82 Å². The Balaban J connectivity index is 2.41.